The fourth-order valence-corrected chi connectivity index (χ4v) is 2.78. The number of carbonyl (C=O) groups excluding carboxylic acids is 1. The standard InChI is InChI=1S/C16H25N3O.2ClH/c1-12-5-4-8-19(11-12)13(2)10-18-16(20)14-6-3-7-15(17)9-14;;/h3,6-7,9,12-13H,4-5,8,10-11,17H2,1-2H3,(H,18,20);2*1H. The van der Waals surface area contributed by atoms with E-state index in [1.807, 2.05) is 0 Å². The second-order valence-electron chi connectivity index (χ2n) is 5.93. The molecule has 22 heavy (non-hydrogen) atoms. The highest BCUT2D eigenvalue weighted by molar-refractivity contribution is 5.94. The van der Waals surface area contributed by atoms with Gasteiger partial charge in [0, 0.05) is 30.4 Å². The highest BCUT2D eigenvalue weighted by Gasteiger charge is 2.21. The van der Waals surface area contributed by atoms with Gasteiger partial charge in [-0.3, -0.25) is 9.69 Å². The molecule has 2 atom stereocenters. The SMILES string of the molecule is CC1CCCN(C(C)CNC(=O)c2cccc(N)c2)C1.Cl.Cl. The van der Waals surface area contributed by atoms with E-state index >= 15 is 0 Å². The molecule has 0 radical (unpaired) electrons. The van der Waals surface area contributed by atoms with Crippen molar-refractivity contribution >= 4 is 36.4 Å². The molecule has 4 nitrogen and oxygen atoms in total. The molecule has 126 valence electrons. The summed E-state index contributed by atoms with van der Waals surface area (Å²) in [7, 11) is 0. The third kappa shape index (κ3) is 6.03. The lowest BCUT2D eigenvalue weighted by atomic mass is 9.99. The maximum atomic E-state index is 12.1. The number of likely N-dealkylation sites (tertiary alicyclic amines) is 1. The first-order chi connectivity index (χ1) is 9.56. The van der Waals surface area contributed by atoms with Crippen LogP contribution in [-0.2, 0) is 0 Å². The molecule has 6 heteroatoms. The highest BCUT2D eigenvalue weighted by Crippen LogP contribution is 2.17. The average molecular weight is 348 g/mol. The summed E-state index contributed by atoms with van der Waals surface area (Å²) >= 11 is 0. The molecule has 1 aromatic carbocycles. The van der Waals surface area contributed by atoms with E-state index in [4.69, 9.17) is 5.73 Å². The minimum Gasteiger partial charge on any atom is -0.399 e. The van der Waals surface area contributed by atoms with Gasteiger partial charge in [0.05, 0.1) is 0 Å². The minimum atomic E-state index is -0.0470. The molecule has 0 bridgehead atoms. The molecule has 1 aliphatic heterocycles. The zero-order chi connectivity index (χ0) is 14.5. The molecule has 0 saturated carbocycles. The van der Waals surface area contributed by atoms with Gasteiger partial charge >= 0.3 is 0 Å². The summed E-state index contributed by atoms with van der Waals surface area (Å²) in [5.41, 5.74) is 6.95. The average Bonchev–Trinajstić information content (AvgIpc) is 2.44. The fraction of sp³-hybridized carbons (Fsp3) is 0.562. The van der Waals surface area contributed by atoms with Crippen molar-refractivity contribution in [2.24, 2.45) is 5.92 Å². The van der Waals surface area contributed by atoms with Crippen molar-refractivity contribution in [3.8, 4) is 0 Å². The van der Waals surface area contributed by atoms with Gasteiger partial charge in [0.25, 0.3) is 5.91 Å². The summed E-state index contributed by atoms with van der Waals surface area (Å²) in [4.78, 5) is 14.5. The number of nitrogens with zero attached hydrogens (tertiary/aromatic N) is 1. The highest BCUT2D eigenvalue weighted by atomic mass is 35.5. The van der Waals surface area contributed by atoms with Gasteiger partial charge in [0.15, 0.2) is 0 Å². The van der Waals surface area contributed by atoms with Gasteiger partial charge in [-0.2, -0.15) is 0 Å². The number of hydrogen-bond donors (Lipinski definition) is 2. The Morgan fingerprint density at radius 3 is 2.82 bits per heavy atom. The van der Waals surface area contributed by atoms with Crippen molar-refractivity contribution < 1.29 is 4.79 Å². The second kappa shape index (κ2) is 9.93. The molecule has 1 amide bonds. The van der Waals surface area contributed by atoms with E-state index in [9.17, 15) is 4.79 Å². The minimum absolute atomic E-state index is 0. The normalized spacial score (nSPS) is 19.5. The van der Waals surface area contributed by atoms with Crippen LogP contribution in [0.3, 0.4) is 0 Å². The van der Waals surface area contributed by atoms with Crippen molar-refractivity contribution in [2.45, 2.75) is 32.7 Å². The molecule has 0 spiro atoms. The molecule has 2 unspecified atom stereocenters. The molecular weight excluding hydrogens is 321 g/mol. The molecule has 1 saturated heterocycles. The van der Waals surface area contributed by atoms with Gasteiger partial charge in [-0.05, 0) is 50.4 Å². The monoisotopic (exact) mass is 347 g/mol. The van der Waals surface area contributed by atoms with Crippen LogP contribution in [0.4, 0.5) is 5.69 Å². The molecule has 1 aliphatic rings. The third-order valence-corrected chi connectivity index (χ3v) is 4.02. The van der Waals surface area contributed by atoms with Crippen molar-refractivity contribution in [3.63, 3.8) is 0 Å². The lowest BCUT2D eigenvalue weighted by Crippen LogP contribution is -2.46. The number of nitrogens with two attached hydrogens (primary N) is 1. The Morgan fingerprint density at radius 2 is 2.18 bits per heavy atom. The van der Waals surface area contributed by atoms with Crippen LogP contribution in [0, 0.1) is 5.92 Å². The smallest absolute Gasteiger partial charge is 0.251 e. The first-order valence-electron chi connectivity index (χ1n) is 7.44. The van der Waals surface area contributed by atoms with E-state index in [1.165, 1.54) is 12.8 Å². The molecule has 1 heterocycles. The summed E-state index contributed by atoms with van der Waals surface area (Å²) < 4.78 is 0. The molecule has 0 aromatic heterocycles. The van der Waals surface area contributed by atoms with Crippen LogP contribution >= 0.6 is 24.8 Å². The largest absolute Gasteiger partial charge is 0.399 e. The molecule has 3 N–H and O–H groups in total. The first kappa shape index (κ1) is 21.0. The fourth-order valence-electron chi connectivity index (χ4n) is 2.78. The van der Waals surface area contributed by atoms with Crippen LogP contribution in [0.2, 0.25) is 0 Å². The molecule has 2 rings (SSSR count). The summed E-state index contributed by atoms with van der Waals surface area (Å²) in [5, 5.41) is 3.00. The van der Waals surface area contributed by atoms with Gasteiger partial charge in [-0.1, -0.05) is 13.0 Å². The lowest BCUT2D eigenvalue weighted by Gasteiger charge is -2.35. The summed E-state index contributed by atoms with van der Waals surface area (Å²) in [6.07, 6.45) is 2.58. The third-order valence-electron chi connectivity index (χ3n) is 4.02. The number of nitrogen functional groups attached to an aromatic ring is 1. The molecular formula is C16H27Cl2N3O. The molecule has 0 aliphatic carbocycles. The van der Waals surface area contributed by atoms with E-state index < -0.39 is 0 Å². The van der Waals surface area contributed by atoms with Crippen LogP contribution in [0.25, 0.3) is 0 Å². The molecule has 1 fully saturated rings. The number of amides is 1. The van der Waals surface area contributed by atoms with Crippen LogP contribution < -0.4 is 11.1 Å². The Hall–Kier alpha value is -0.970. The van der Waals surface area contributed by atoms with Gasteiger partial charge in [-0.25, -0.2) is 0 Å². The quantitative estimate of drug-likeness (QED) is 0.823. The Kier molecular flexibility index (Phi) is 9.49. The van der Waals surface area contributed by atoms with Crippen LogP contribution in [0.5, 0.6) is 0 Å². The maximum Gasteiger partial charge on any atom is 0.251 e. The number of nitrogens with one attached hydrogen (secondary N) is 1. The molecule has 1 aromatic rings. The van der Waals surface area contributed by atoms with Crippen LogP contribution in [0.15, 0.2) is 24.3 Å². The Bertz CT molecular complexity index is 470. The zero-order valence-corrected chi connectivity index (χ0v) is 14.9. The lowest BCUT2D eigenvalue weighted by molar-refractivity contribution is 0.0917. The topological polar surface area (TPSA) is 58.4 Å². The van der Waals surface area contributed by atoms with Gasteiger partial charge in [0.1, 0.15) is 0 Å². The van der Waals surface area contributed by atoms with Crippen molar-refractivity contribution in [1.29, 1.82) is 0 Å². The Balaban J connectivity index is 0.00000220. The summed E-state index contributed by atoms with van der Waals surface area (Å²) in [6.45, 7) is 7.43. The van der Waals surface area contributed by atoms with Gasteiger partial charge in [-0.15, -0.1) is 24.8 Å². The first-order valence-corrected chi connectivity index (χ1v) is 7.44. The number of carbonyl (C=O) groups is 1. The van der Waals surface area contributed by atoms with Gasteiger partial charge in [0.2, 0.25) is 0 Å². The summed E-state index contributed by atoms with van der Waals surface area (Å²) in [5.74, 6) is 0.713. The van der Waals surface area contributed by atoms with E-state index in [1.54, 1.807) is 24.3 Å². The number of hydrogen-bond acceptors (Lipinski definition) is 3. The summed E-state index contributed by atoms with van der Waals surface area (Å²) in [6, 6.07) is 7.47. The van der Waals surface area contributed by atoms with E-state index in [0.717, 1.165) is 19.0 Å². The number of rotatable bonds is 4. The van der Waals surface area contributed by atoms with Crippen LogP contribution in [0.1, 0.15) is 37.0 Å². The maximum absolute atomic E-state index is 12.1. The second-order valence-corrected chi connectivity index (χ2v) is 5.93. The van der Waals surface area contributed by atoms with E-state index in [0.29, 0.717) is 23.8 Å². The van der Waals surface area contributed by atoms with Crippen molar-refractivity contribution in [1.82, 2.24) is 10.2 Å². The van der Waals surface area contributed by atoms with E-state index in [2.05, 4.69) is 24.1 Å². The van der Waals surface area contributed by atoms with Crippen molar-refractivity contribution in [2.75, 3.05) is 25.4 Å². The van der Waals surface area contributed by atoms with Gasteiger partial charge < -0.3 is 11.1 Å². The Labute approximate surface area is 145 Å². The predicted molar refractivity (Wildman–Crippen MR) is 97.1 cm³/mol. The van der Waals surface area contributed by atoms with E-state index in [-0.39, 0.29) is 30.7 Å². The Morgan fingerprint density at radius 1 is 1.45 bits per heavy atom. The zero-order valence-electron chi connectivity index (χ0n) is 13.2. The number of benzene rings is 1. The number of piperidine rings is 1. The predicted octanol–water partition coefficient (Wildman–Crippen LogP) is 2.96. The number of anilines is 1. The van der Waals surface area contributed by atoms with Crippen molar-refractivity contribution in [3.05, 3.63) is 29.8 Å². The number of halogens is 2. The van der Waals surface area contributed by atoms with Crippen LogP contribution in [-0.4, -0.2) is 36.5 Å².